The Morgan fingerprint density at radius 2 is 1.74 bits per heavy atom. The Kier molecular flexibility index (Phi) is 7.21. The molecule has 1 unspecified atom stereocenters. The van der Waals surface area contributed by atoms with Crippen LogP contribution in [0.25, 0.3) is 0 Å². The molecule has 7 heteroatoms. The maximum absolute atomic E-state index is 12.4. The Hall–Kier alpha value is -2.57. The van der Waals surface area contributed by atoms with Crippen LogP contribution in [0.4, 0.5) is 5.69 Å². The number of quaternary nitrogens is 1. The molecule has 2 aromatic carbocycles. The molecule has 1 atom stereocenters. The Labute approximate surface area is 164 Å². The van der Waals surface area contributed by atoms with Crippen LogP contribution in [0.5, 0.6) is 11.5 Å². The van der Waals surface area contributed by atoms with Crippen LogP contribution in [0.3, 0.4) is 0 Å². The Balaban J connectivity index is 2.06. The third kappa shape index (κ3) is 5.70. The maximum atomic E-state index is 12.4. The van der Waals surface area contributed by atoms with E-state index in [0.29, 0.717) is 34.3 Å². The van der Waals surface area contributed by atoms with E-state index >= 15 is 0 Å². The molecule has 0 aliphatic rings. The number of likely N-dealkylation sites (N-methyl/N-ethyl adjacent to an activating group) is 1. The van der Waals surface area contributed by atoms with E-state index in [1.807, 2.05) is 13.1 Å². The molecular weight excluding hydrogens is 368 g/mol. The number of amides is 1. The van der Waals surface area contributed by atoms with E-state index in [1.165, 1.54) is 14.0 Å². The zero-order chi connectivity index (χ0) is 20.0. The topological polar surface area (TPSA) is 69.1 Å². The molecule has 1 amide bonds. The third-order valence-electron chi connectivity index (χ3n) is 4.08. The fraction of sp³-hybridized carbons (Fsp3) is 0.300. The van der Waals surface area contributed by atoms with E-state index in [1.54, 1.807) is 37.4 Å². The van der Waals surface area contributed by atoms with Gasteiger partial charge in [0.1, 0.15) is 18.0 Å². The van der Waals surface area contributed by atoms with Gasteiger partial charge in [-0.25, -0.2) is 0 Å². The molecule has 0 aromatic heterocycles. The van der Waals surface area contributed by atoms with Crippen LogP contribution in [0.1, 0.15) is 22.8 Å². The number of nitrogens with one attached hydrogen (secondary N) is 2. The number of benzene rings is 2. The number of rotatable bonds is 8. The lowest BCUT2D eigenvalue weighted by Gasteiger charge is -2.17. The second-order valence-electron chi connectivity index (χ2n) is 6.29. The van der Waals surface area contributed by atoms with Gasteiger partial charge in [-0.15, -0.1) is 0 Å². The highest BCUT2D eigenvalue weighted by Gasteiger charge is 2.16. The fourth-order valence-corrected chi connectivity index (χ4v) is 2.94. The molecule has 6 nitrogen and oxygen atoms in total. The molecule has 0 aliphatic carbocycles. The monoisotopic (exact) mass is 391 g/mol. The summed E-state index contributed by atoms with van der Waals surface area (Å²) in [6.07, 6.45) is 0. The molecule has 0 radical (unpaired) electrons. The predicted molar refractivity (Wildman–Crippen MR) is 105 cm³/mol. The molecule has 2 N–H and O–H groups in total. The quantitative estimate of drug-likeness (QED) is 0.677. The zero-order valence-electron chi connectivity index (χ0n) is 15.9. The number of ketones is 1. The van der Waals surface area contributed by atoms with Crippen molar-refractivity contribution in [2.45, 2.75) is 13.5 Å². The van der Waals surface area contributed by atoms with Gasteiger partial charge in [-0.1, -0.05) is 11.6 Å². The van der Waals surface area contributed by atoms with Gasteiger partial charge in [0.15, 0.2) is 12.3 Å². The number of carbonyl (C=O) groups is 2. The third-order valence-corrected chi connectivity index (χ3v) is 4.31. The first kappa shape index (κ1) is 20.7. The van der Waals surface area contributed by atoms with Crippen LogP contribution in [0.2, 0.25) is 5.02 Å². The van der Waals surface area contributed by atoms with Gasteiger partial charge >= 0.3 is 0 Å². The smallest absolute Gasteiger partial charge is 0.279 e. The van der Waals surface area contributed by atoms with E-state index in [0.717, 1.165) is 10.5 Å². The van der Waals surface area contributed by atoms with Crippen molar-refractivity contribution in [1.82, 2.24) is 0 Å². The number of anilines is 1. The fourth-order valence-electron chi connectivity index (χ4n) is 2.77. The molecule has 0 spiro atoms. The van der Waals surface area contributed by atoms with Crippen LogP contribution in [0.15, 0.2) is 36.4 Å². The summed E-state index contributed by atoms with van der Waals surface area (Å²) in [5, 5.41) is 3.33. The second kappa shape index (κ2) is 9.39. The minimum atomic E-state index is -0.172. The van der Waals surface area contributed by atoms with E-state index in [9.17, 15) is 9.59 Å². The highest BCUT2D eigenvalue weighted by Crippen LogP contribution is 2.27. The minimum Gasteiger partial charge on any atom is -0.496 e. The van der Waals surface area contributed by atoms with Crippen LogP contribution in [-0.4, -0.2) is 39.5 Å². The SMILES string of the molecule is COc1ccc(C(C)=O)cc1C[NH+](C)CC(=O)Nc1cc(Cl)ccc1OC. The summed E-state index contributed by atoms with van der Waals surface area (Å²) >= 11 is 5.99. The van der Waals surface area contributed by atoms with Gasteiger partial charge in [-0.3, -0.25) is 9.59 Å². The van der Waals surface area contributed by atoms with Gasteiger partial charge in [0.25, 0.3) is 5.91 Å². The molecule has 0 aliphatic heterocycles. The summed E-state index contributed by atoms with van der Waals surface area (Å²) in [6, 6.07) is 10.4. The lowest BCUT2D eigenvalue weighted by atomic mass is 10.1. The van der Waals surface area contributed by atoms with Crippen LogP contribution in [-0.2, 0) is 11.3 Å². The Bertz CT molecular complexity index is 839. The predicted octanol–water partition coefficient (Wildman–Crippen LogP) is 2.21. The van der Waals surface area contributed by atoms with Crippen molar-refractivity contribution in [3.63, 3.8) is 0 Å². The highest BCUT2D eigenvalue weighted by atomic mass is 35.5. The summed E-state index contributed by atoms with van der Waals surface area (Å²) in [4.78, 5) is 25.0. The van der Waals surface area contributed by atoms with Gasteiger partial charge < -0.3 is 19.7 Å². The summed E-state index contributed by atoms with van der Waals surface area (Å²) in [5.41, 5.74) is 2.02. The van der Waals surface area contributed by atoms with Crippen molar-refractivity contribution in [1.29, 1.82) is 0 Å². The minimum absolute atomic E-state index is 0.0117. The molecule has 2 rings (SSSR count). The van der Waals surface area contributed by atoms with Gasteiger partial charge in [0.2, 0.25) is 0 Å². The lowest BCUT2D eigenvalue weighted by molar-refractivity contribution is -0.885. The Morgan fingerprint density at radius 3 is 2.37 bits per heavy atom. The van der Waals surface area contributed by atoms with Crippen molar-refractivity contribution in [3.05, 3.63) is 52.5 Å². The van der Waals surface area contributed by atoms with Crippen molar-refractivity contribution < 1.29 is 24.0 Å². The first-order valence-corrected chi connectivity index (χ1v) is 8.84. The standard InChI is InChI=1S/C20H23ClN2O4/c1-13(24)14-5-7-18(26-3)15(9-14)11-23(2)12-20(25)22-17-10-16(21)6-8-19(17)27-4/h5-10H,11-12H2,1-4H3,(H,22,25)/p+1. The number of carbonyl (C=O) groups excluding carboxylic acids is 2. The summed E-state index contributed by atoms with van der Waals surface area (Å²) < 4.78 is 10.6. The van der Waals surface area contributed by atoms with Crippen molar-refractivity contribution in [3.8, 4) is 11.5 Å². The average molecular weight is 392 g/mol. The largest absolute Gasteiger partial charge is 0.496 e. The van der Waals surface area contributed by atoms with Crippen molar-refractivity contribution in [2.24, 2.45) is 0 Å². The van der Waals surface area contributed by atoms with Crippen molar-refractivity contribution >= 4 is 29.0 Å². The van der Waals surface area contributed by atoms with E-state index < -0.39 is 0 Å². The summed E-state index contributed by atoms with van der Waals surface area (Å²) in [6.45, 7) is 2.28. The number of hydrogen-bond donors (Lipinski definition) is 2. The summed E-state index contributed by atoms with van der Waals surface area (Å²) in [7, 11) is 5.01. The normalized spacial score (nSPS) is 11.6. The van der Waals surface area contributed by atoms with Crippen LogP contribution < -0.4 is 19.7 Å². The van der Waals surface area contributed by atoms with Gasteiger partial charge in [-0.2, -0.15) is 0 Å². The number of hydrogen-bond acceptors (Lipinski definition) is 4. The van der Waals surface area contributed by atoms with Crippen molar-refractivity contribution in [2.75, 3.05) is 33.1 Å². The molecule has 144 valence electrons. The first-order chi connectivity index (χ1) is 12.8. The molecule has 0 saturated heterocycles. The van der Waals surface area contributed by atoms with Gasteiger partial charge in [-0.05, 0) is 43.3 Å². The zero-order valence-corrected chi connectivity index (χ0v) is 16.6. The number of Topliss-reactive ketones (excluding diaryl/α,β-unsaturated/α-hetero) is 1. The molecule has 0 fully saturated rings. The number of halogens is 1. The molecule has 0 heterocycles. The lowest BCUT2D eigenvalue weighted by Crippen LogP contribution is -3.08. The van der Waals surface area contributed by atoms with Crippen LogP contribution >= 0.6 is 11.6 Å². The molecule has 0 saturated carbocycles. The van der Waals surface area contributed by atoms with Gasteiger partial charge in [0, 0.05) is 16.1 Å². The average Bonchev–Trinajstić information content (AvgIpc) is 2.61. The molecule has 2 aromatic rings. The Morgan fingerprint density at radius 1 is 1.07 bits per heavy atom. The molecule has 0 bridgehead atoms. The number of methoxy groups -OCH3 is 2. The highest BCUT2D eigenvalue weighted by molar-refractivity contribution is 6.31. The summed E-state index contributed by atoms with van der Waals surface area (Å²) in [5.74, 6) is 1.05. The number of ether oxygens (including phenoxy) is 2. The molecule has 27 heavy (non-hydrogen) atoms. The first-order valence-electron chi connectivity index (χ1n) is 8.46. The van der Waals surface area contributed by atoms with E-state index in [-0.39, 0.29) is 18.2 Å². The van der Waals surface area contributed by atoms with Crippen LogP contribution in [0, 0.1) is 0 Å². The second-order valence-corrected chi connectivity index (χ2v) is 6.72. The molecular formula is C20H24ClN2O4+. The maximum Gasteiger partial charge on any atom is 0.279 e. The van der Waals surface area contributed by atoms with E-state index in [2.05, 4.69) is 5.32 Å². The van der Waals surface area contributed by atoms with E-state index in [4.69, 9.17) is 21.1 Å². The van der Waals surface area contributed by atoms with Gasteiger partial charge in [0.05, 0.1) is 27.0 Å².